The predicted molar refractivity (Wildman–Crippen MR) is 143 cm³/mol. The van der Waals surface area contributed by atoms with Crippen LogP contribution in [0, 0.1) is 0 Å². The fourth-order valence-corrected chi connectivity index (χ4v) is 4.68. The van der Waals surface area contributed by atoms with Crippen LogP contribution in [0.4, 0.5) is 13.2 Å². The Morgan fingerprint density at radius 3 is 2.19 bits per heavy atom. The molecule has 4 nitrogen and oxygen atoms in total. The van der Waals surface area contributed by atoms with Crippen molar-refractivity contribution >= 4 is 0 Å². The van der Waals surface area contributed by atoms with Gasteiger partial charge < -0.3 is 9.30 Å². The lowest BCUT2D eigenvalue weighted by Gasteiger charge is -2.33. The predicted octanol–water partition coefficient (Wildman–Crippen LogP) is 8.78. The number of ether oxygens (including phenoxy) is 1. The van der Waals surface area contributed by atoms with E-state index in [2.05, 4.69) is 47.1 Å². The topological polar surface area (TPSA) is 30.3 Å². The van der Waals surface area contributed by atoms with Gasteiger partial charge in [-0.25, -0.2) is 4.98 Å². The highest BCUT2D eigenvalue weighted by atomic mass is 19.4. The zero-order valence-corrected chi connectivity index (χ0v) is 22.3. The number of rotatable bonds is 15. The van der Waals surface area contributed by atoms with Crippen molar-refractivity contribution in [1.29, 1.82) is 0 Å². The molecule has 3 aromatic rings. The average Bonchev–Trinajstić information content (AvgIpc) is 3.30. The lowest BCUT2D eigenvalue weighted by Crippen LogP contribution is -2.31. The second kappa shape index (κ2) is 14.2. The molecule has 0 saturated carbocycles. The first-order valence-corrected chi connectivity index (χ1v) is 13.6. The van der Waals surface area contributed by atoms with Gasteiger partial charge in [-0.2, -0.15) is 0 Å². The van der Waals surface area contributed by atoms with Gasteiger partial charge in [-0.1, -0.05) is 88.9 Å². The molecule has 0 aliphatic heterocycles. The molecule has 202 valence electrons. The molecule has 0 N–H and O–H groups in total. The second-order valence-corrected chi connectivity index (χ2v) is 9.55. The first kappa shape index (κ1) is 28.8. The largest absolute Gasteiger partial charge is 0.573 e. The fourth-order valence-electron chi connectivity index (χ4n) is 4.68. The van der Waals surface area contributed by atoms with Crippen LogP contribution in [0.2, 0.25) is 0 Å². The summed E-state index contributed by atoms with van der Waals surface area (Å²) in [5.74, 6) is 0.804. The van der Waals surface area contributed by atoms with E-state index in [1.165, 1.54) is 17.8 Å². The number of nitrogens with zero attached hydrogens (tertiary/aromatic N) is 3. The van der Waals surface area contributed by atoms with Crippen LogP contribution in [0.3, 0.4) is 0 Å². The molecule has 0 spiro atoms. The molecule has 1 atom stereocenters. The summed E-state index contributed by atoms with van der Waals surface area (Å²) in [5, 5.41) is 0. The first-order chi connectivity index (χ1) is 17.9. The number of alkyl halides is 3. The van der Waals surface area contributed by atoms with Gasteiger partial charge in [-0.15, -0.1) is 13.2 Å². The van der Waals surface area contributed by atoms with Gasteiger partial charge in [0.1, 0.15) is 11.6 Å². The minimum atomic E-state index is -4.69. The molecular weight excluding hydrogens is 475 g/mol. The lowest BCUT2D eigenvalue weighted by atomic mass is 10.0. The number of benzene rings is 2. The summed E-state index contributed by atoms with van der Waals surface area (Å²) in [7, 11) is 0. The highest BCUT2D eigenvalue weighted by molar-refractivity contribution is 5.56. The standard InChI is InChI=1S/C30H40F3N3O/c1-4-7-15-27(28-22-34-29(36(28)21-9-6-3)25-13-11-10-12-14-25)35(20-8-5-2)23-24-16-18-26(19-17-24)37-30(31,32)33/h10-14,16-19,22,27H,4-9,15,20-21,23H2,1-3H3. The number of hydrogen-bond acceptors (Lipinski definition) is 3. The number of unbranched alkanes of at least 4 members (excludes halogenated alkanes) is 3. The van der Waals surface area contributed by atoms with Gasteiger partial charge in [0.05, 0.1) is 17.9 Å². The first-order valence-electron chi connectivity index (χ1n) is 13.6. The fraction of sp³-hybridized carbons (Fsp3) is 0.500. The van der Waals surface area contributed by atoms with Crippen LogP contribution in [-0.2, 0) is 13.1 Å². The molecule has 0 radical (unpaired) electrons. The van der Waals surface area contributed by atoms with Crippen molar-refractivity contribution < 1.29 is 17.9 Å². The summed E-state index contributed by atoms with van der Waals surface area (Å²) in [6, 6.07) is 16.8. The van der Waals surface area contributed by atoms with E-state index < -0.39 is 6.36 Å². The van der Waals surface area contributed by atoms with E-state index in [1.807, 2.05) is 24.4 Å². The molecule has 1 unspecified atom stereocenters. The lowest BCUT2D eigenvalue weighted by molar-refractivity contribution is -0.274. The molecule has 0 aliphatic carbocycles. The second-order valence-electron chi connectivity index (χ2n) is 9.55. The molecule has 0 saturated heterocycles. The molecular formula is C30H40F3N3O. The Kier molecular flexibility index (Phi) is 11.1. The summed E-state index contributed by atoms with van der Waals surface area (Å²) in [6.45, 7) is 9.06. The Labute approximate surface area is 219 Å². The van der Waals surface area contributed by atoms with E-state index in [9.17, 15) is 13.2 Å². The smallest absolute Gasteiger partial charge is 0.406 e. The molecule has 0 fully saturated rings. The number of hydrogen-bond donors (Lipinski definition) is 0. The maximum absolute atomic E-state index is 12.6. The van der Waals surface area contributed by atoms with Crippen molar-refractivity contribution in [3.8, 4) is 17.1 Å². The maximum Gasteiger partial charge on any atom is 0.573 e. The van der Waals surface area contributed by atoms with E-state index in [4.69, 9.17) is 4.98 Å². The third-order valence-electron chi connectivity index (χ3n) is 6.61. The summed E-state index contributed by atoms with van der Waals surface area (Å²) < 4.78 is 44.3. The molecule has 1 aromatic heterocycles. The van der Waals surface area contributed by atoms with Gasteiger partial charge in [-0.05, 0) is 43.5 Å². The van der Waals surface area contributed by atoms with Crippen molar-refractivity contribution in [2.75, 3.05) is 6.54 Å². The van der Waals surface area contributed by atoms with Gasteiger partial charge in [0.15, 0.2) is 0 Å². The van der Waals surface area contributed by atoms with Crippen LogP contribution in [0.1, 0.15) is 83.0 Å². The van der Waals surface area contributed by atoms with Crippen molar-refractivity contribution in [2.45, 2.75) is 91.2 Å². The molecule has 37 heavy (non-hydrogen) atoms. The van der Waals surface area contributed by atoms with Crippen molar-refractivity contribution in [2.24, 2.45) is 0 Å². The van der Waals surface area contributed by atoms with E-state index in [0.717, 1.165) is 75.0 Å². The zero-order valence-electron chi connectivity index (χ0n) is 22.3. The van der Waals surface area contributed by atoms with Crippen molar-refractivity contribution in [3.63, 3.8) is 0 Å². The highest BCUT2D eigenvalue weighted by Crippen LogP contribution is 2.33. The highest BCUT2D eigenvalue weighted by Gasteiger charge is 2.31. The minimum absolute atomic E-state index is 0.166. The average molecular weight is 516 g/mol. The molecule has 3 rings (SSSR count). The van der Waals surface area contributed by atoms with Crippen molar-refractivity contribution in [3.05, 3.63) is 72.1 Å². The molecule has 2 aromatic carbocycles. The van der Waals surface area contributed by atoms with E-state index in [0.29, 0.717) is 6.54 Å². The summed E-state index contributed by atoms with van der Waals surface area (Å²) >= 11 is 0. The van der Waals surface area contributed by atoms with Crippen LogP contribution in [0.25, 0.3) is 11.4 Å². The van der Waals surface area contributed by atoms with Crippen LogP contribution in [-0.4, -0.2) is 27.4 Å². The number of imidazole rings is 1. The summed E-state index contributed by atoms with van der Waals surface area (Å²) in [4.78, 5) is 7.38. The van der Waals surface area contributed by atoms with Gasteiger partial charge in [0.25, 0.3) is 0 Å². The van der Waals surface area contributed by atoms with Gasteiger partial charge in [0, 0.05) is 18.7 Å². The van der Waals surface area contributed by atoms with E-state index >= 15 is 0 Å². The van der Waals surface area contributed by atoms with Crippen LogP contribution >= 0.6 is 0 Å². The zero-order chi connectivity index (χ0) is 26.7. The monoisotopic (exact) mass is 515 g/mol. The van der Waals surface area contributed by atoms with Crippen LogP contribution in [0.5, 0.6) is 5.75 Å². The van der Waals surface area contributed by atoms with Gasteiger partial charge in [-0.3, -0.25) is 4.90 Å². The van der Waals surface area contributed by atoms with E-state index in [-0.39, 0.29) is 11.8 Å². The molecule has 0 aliphatic rings. The molecule has 1 heterocycles. The quantitative estimate of drug-likeness (QED) is 0.203. The molecule has 0 amide bonds. The Bertz CT molecular complexity index is 1050. The number of aromatic nitrogens is 2. The Balaban J connectivity index is 1.96. The third-order valence-corrected chi connectivity index (χ3v) is 6.61. The summed E-state index contributed by atoms with van der Waals surface area (Å²) in [6.07, 6.45) is 4.82. The normalized spacial score (nSPS) is 12.7. The SMILES string of the molecule is CCCCC(c1cnc(-c2ccccc2)n1CCCC)N(CCCC)Cc1ccc(OC(F)(F)F)cc1. The maximum atomic E-state index is 12.6. The molecule has 7 heteroatoms. The summed E-state index contributed by atoms with van der Waals surface area (Å²) in [5.41, 5.74) is 3.29. The third kappa shape index (κ3) is 8.63. The Morgan fingerprint density at radius 1 is 0.892 bits per heavy atom. The Hall–Kier alpha value is -2.80. The van der Waals surface area contributed by atoms with Crippen molar-refractivity contribution in [1.82, 2.24) is 14.5 Å². The van der Waals surface area contributed by atoms with Gasteiger partial charge in [0.2, 0.25) is 0 Å². The Morgan fingerprint density at radius 2 is 1.57 bits per heavy atom. The van der Waals surface area contributed by atoms with E-state index in [1.54, 1.807) is 12.1 Å². The van der Waals surface area contributed by atoms with Crippen LogP contribution < -0.4 is 4.74 Å². The number of halogens is 3. The minimum Gasteiger partial charge on any atom is -0.406 e. The van der Waals surface area contributed by atoms with Gasteiger partial charge >= 0.3 is 6.36 Å². The van der Waals surface area contributed by atoms with Crippen LogP contribution in [0.15, 0.2) is 60.8 Å². The molecule has 0 bridgehead atoms.